The zero-order valence-electron chi connectivity index (χ0n) is 6.46. The van der Waals surface area contributed by atoms with Crippen molar-refractivity contribution >= 4 is 5.91 Å². The van der Waals surface area contributed by atoms with Crippen molar-refractivity contribution in [3.05, 3.63) is 11.3 Å². The molecular formula is C7H9N3O2. The molecule has 2 rings (SSSR count). The number of nitrogens with zero attached hydrogens (tertiary/aromatic N) is 1. The molecule has 0 saturated heterocycles. The number of ether oxygens (including phenoxy) is 1. The van der Waals surface area contributed by atoms with E-state index in [1.807, 2.05) is 0 Å². The number of aromatic nitrogens is 2. The summed E-state index contributed by atoms with van der Waals surface area (Å²) >= 11 is 0. The number of nitrogens with two attached hydrogens (primary N) is 1. The Hall–Kier alpha value is -1.52. The van der Waals surface area contributed by atoms with Gasteiger partial charge in [0.25, 0.3) is 5.91 Å². The number of aromatic amines is 1. The first-order valence-electron chi connectivity index (χ1n) is 3.79. The lowest BCUT2D eigenvalue weighted by Crippen LogP contribution is -2.16. The molecule has 64 valence electrons. The van der Waals surface area contributed by atoms with Crippen LogP contribution in [0.2, 0.25) is 0 Å². The fraction of sp³-hybridized carbons (Fsp3) is 0.429. The fourth-order valence-electron chi connectivity index (χ4n) is 1.32. The van der Waals surface area contributed by atoms with E-state index >= 15 is 0 Å². The number of hydrogen-bond acceptors (Lipinski definition) is 3. The van der Waals surface area contributed by atoms with Crippen LogP contribution in [0.4, 0.5) is 0 Å². The average molecular weight is 167 g/mol. The second-order valence-electron chi connectivity index (χ2n) is 2.70. The highest BCUT2D eigenvalue weighted by molar-refractivity contribution is 5.92. The highest BCUT2D eigenvalue weighted by atomic mass is 16.5. The van der Waals surface area contributed by atoms with Crippen molar-refractivity contribution in [1.29, 1.82) is 0 Å². The van der Waals surface area contributed by atoms with Gasteiger partial charge in [-0.15, -0.1) is 5.10 Å². The summed E-state index contributed by atoms with van der Waals surface area (Å²) in [7, 11) is 0. The lowest BCUT2D eigenvalue weighted by Gasteiger charge is -2.10. The summed E-state index contributed by atoms with van der Waals surface area (Å²) in [4.78, 5) is 10.8. The first-order chi connectivity index (χ1) is 5.79. The molecule has 3 N–H and O–H groups in total. The molecule has 2 heterocycles. The van der Waals surface area contributed by atoms with Crippen molar-refractivity contribution < 1.29 is 9.53 Å². The highest BCUT2D eigenvalue weighted by Crippen LogP contribution is 2.24. The van der Waals surface area contributed by atoms with Crippen molar-refractivity contribution in [2.45, 2.75) is 12.8 Å². The van der Waals surface area contributed by atoms with E-state index < -0.39 is 5.91 Å². The molecule has 0 saturated carbocycles. The van der Waals surface area contributed by atoms with Crippen LogP contribution < -0.4 is 10.5 Å². The van der Waals surface area contributed by atoms with Crippen LogP contribution in [-0.2, 0) is 6.42 Å². The van der Waals surface area contributed by atoms with Gasteiger partial charge in [0.15, 0.2) is 0 Å². The summed E-state index contributed by atoms with van der Waals surface area (Å²) in [5.74, 6) is 0.0456. The molecule has 0 aromatic carbocycles. The van der Waals surface area contributed by atoms with Gasteiger partial charge in [0.05, 0.1) is 6.61 Å². The van der Waals surface area contributed by atoms with E-state index in [1.54, 1.807) is 0 Å². The molecule has 1 aliphatic heterocycles. The smallest absolute Gasteiger partial charge is 0.267 e. The van der Waals surface area contributed by atoms with Crippen molar-refractivity contribution in [2.24, 2.45) is 5.73 Å². The van der Waals surface area contributed by atoms with Crippen LogP contribution in [0.1, 0.15) is 22.5 Å². The van der Waals surface area contributed by atoms with E-state index in [0.29, 0.717) is 18.2 Å². The van der Waals surface area contributed by atoms with Gasteiger partial charge in [-0.3, -0.25) is 9.89 Å². The maximum absolute atomic E-state index is 10.8. The average Bonchev–Trinajstić information content (AvgIpc) is 2.47. The number of H-pyrrole nitrogens is 1. The van der Waals surface area contributed by atoms with Crippen LogP contribution in [0.25, 0.3) is 0 Å². The van der Waals surface area contributed by atoms with Crippen LogP contribution in [-0.4, -0.2) is 22.7 Å². The molecule has 0 aliphatic carbocycles. The Morgan fingerprint density at radius 2 is 2.50 bits per heavy atom. The predicted molar refractivity (Wildman–Crippen MR) is 40.9 cm³/mol. The minimum absolute atomic E-state index is 0.379. The topological polar surface area (TPSA) is 81.0 Å². The van der Waals surface area contributed by atoms with E-state index in [4.69, 9.17) is 10.5 Å². The van der Waals surface area contributed by atoms with Gasteiger partial charge >= 0.3 is 0 Å². The maximum atomic E-state index is 10.8. The van der Waals surface area contributed by atoms with Crippen LogP contribution in [0.15, 0.2) is 0 Å². The Kier molecular flexibility index (Phi) is 1.49. The maximum Gasteiger partial charge on any atom is 0.267 e. The summed E-state index contributed by atoms with van der Waals surface area (Å²) in [6.07, 6.45) is 1.72. The number of amides is 1. The molecule has 0 unspecified atom stereocenters. The van der Waals surface area contributed by atoms with Gasteiger partial charge in [0, 0.05) is 5.56 Å². The lowest BCUT2D eigenvalue weighted by atomic mass is 10.1. The third kappa shape index (κ3) is 0.939. The zero-order chi connectivity index (χ0) is 8.55. The molecule has 1 aromatic heterocycles. The highest BCUT2D eigenvalue weighted by Gasteiger charge is 2.20. The Morgan fingerprint density at radius 3 is 3.25 bits per heavy atom. The van der Waals surface area contributed by atoms with Crippen LogP contribution in [0.5, 0.6) is 5.88 Å². The molecule has 12 heavy (non-hydrogen) atoms. The molecule has 0 bridgehead atoms. The van der Waals surface area contributed by atoms with E-state index in [2.05, 4.69) is 10.2 Å². The third-order valence-corrected chi connectivity index (χ3v) is 1.89. The molecule has 0 fully saturated rings. The number of carbonyl (C=O) groups excluding carboxylic acids is 1. The SMILES string of the molecule is NC(=O)c1[nH]nc2c1CCCO2. The Labute approximate surface area is 68.9 Å². The van der Waals surface area contributed by atoms with Crippen LogP contribution in [0.3, 0.4) is 0 Å². The van der Waals surface area contributed by atoms with Crippen LogP contribution >= 0.6 is 0 Å². The van der Waals surface area contributed by atoms with Gasteiger partial charge in [0.1, 0.15) is 5.69 Å². The Bertz CT molecular complexity index is 318. The van der Waals surface area contributed by atoms with Crippen molar-refractivity contribution in [3.8, 4) is 5.88 Å². The normalized spacial score (nSPS) is 15.0. The summed E-state index contributed by atoms with van der Waals surface area (Å²) in [5.41, 5.74) is 6.31. The summed E-state index contributed by atoms with van der Waals surface area (Å²) in [6.45, 7) is 0.663. The summed E-state index contributed by atoms with van der Waals surface area (Å²) < 4.78 is 5.20. The second-order valence-corrected chi connectivity index (χ2v) is 2.70. The van der Waals surface area contributed by atoms with Crippen LogP contribution in [0, 0.1) is 0 Å². The van der Waals surface area contributed by atoms with Gasteiger partial charge in [0.2, 0.25) is 5.88 Å². The molecule has 5 heteroatoms. The van der Waals surface area contributed by atoms with E-state index in [1.165, 1.54) is 0 Å². The number of rotatable bonds is 1. The number of fused-ring (bicyclic) bond motifs is 1. The molecular weight excluding hydrogens is 158 g/mol. The van der Waals surface area contributed by atoms with Gasteiger partial charge in [-0.05, 0) is 12.8 Å². The first-order valence-corrected chi connectivity index (χ1v) is 3.79. The zero-order valence-corrected chi connectivity index (χ0v) is 6.46. The quantitative estimate of drug-likeness (QED) is 0.609. The fourth-order valence-corrected chi connectivity index (χ4v) is 1.32. The minimum atomic E-state index is -0.478. The molecule has 1 amide bonds. The van der Waals surface area contributed by atoms with E-state index in [9.17, 15) is 4.79 Å². The van der Waals surface area contributed by atoms with Crippen molar-refractivity contribution in [3.63, 3.8) is 0 Å². The molecule has 0 radical (unpaired) electrons. The number of nitrogens with one attached hydrogen (secondary N) is 1. The predicted octanol–water partition coefficient (Wildman–Crippen LogP) is -0.166. The van der Waals surface area contributed by atoms with Gasteiger partial charge in [-0.2, -0.15) is 0 Å². The Morgan fingerprint density at radius 1 is 1.67 bits per heavy atom. The molecule has 1 aromatic rings. The molecule has 0 spiro atoms. The van der Waals surface area contributed by atoms with E-state index in [0.717, 1.165) is 18.4 Å². The van der Waals surface area contributed by atoms with E-state index in [-0.39, 0.29) is 0 Å². The second kappa shape index (κ2) is 2.51. The number of primary amides is 1. The summed E-state index contributed by atoms with van der Waals surface area (Å²) in [6, 6.07) is 0. The van der Waals surface area contributed by atoms with Crippen molar-refractivity contribution in [2.75, 3.05) is 6.61 Å². The monoisotopic (exact) mass is 167 g/mol. The summed E-state index contributed by atoms with van der Waals surface area (Å²) in [5, 5.41) is 6.40. The van der Waals surface area contributed by atoms with Gasteiger partial charge < -0.3 is 10.5 Å². The molecule has 1 aliphatic rings. The Balaban J connectivity index is 2.44. The number of hydrogen-bond donors (Lipinski definition) is 2. The largest absolute Gasteiger partial charge is 0.476 e. The molecule has 0 atom stereocenters. The van der Waals surface area contributed by atoms with Crippen molar-refractivity contribution in [1.82, 2.24) is 10.2 Å². The number of carbonyl (C=O) groups is 1. The standard InChI is InChI=1S/C7H9N3O2/c8-6(11)5-4-2-1-3-12-7(4)10-9-5/h1-3H2,(H2,8,11)(H,9,10). The lowest BCUT2D eigenvalue weighted by molar-refractivity contribution is 0.0994. The van der Waals surface area contributed by atoms with Gasteiger partial charge in [-0.1, -0.05) is 0 Å². The first kappa shape index (κ1) is 7.15. The third-order valence-electron chi connectivity index (χ3n) is 1.89. The van der Waals surface area contributed by atoms with Gasteiger partial charge in [-0.25, -0.2) is 0 Å². The molecule has 5 nitrogen and oxygen atoms in total. The minimum Gasteiger partial charge on any atom is -0.476 e.